The molecular formula is C20H29N7O. The van der Waals surface area contributed by atoms with Crippen molar-refractivity contribution in [3.05, 3.63) is 35.3 Å². The fourth-order valence-corrected chi connectivity index (χ4v) is 3.88. The van der Waals surface area contributed by atoms with E-state index < -0.39 is 0 Å². The van der Waals surface area contributed by atoms with Crippen molar-refractivity contribution < 1.29 is 4.79 Å². The Morgan fingerprint density at radius 3 is 2.71 bits per heavy atom. The van der Waals surface area contributed by atoms with Crippen LogP contribution in [-0.2, 0) is 0 Å². The van der Waals surface area contributed by atoms with Gasteiger partial charge in [-0.05, 0) is 39.0 Å². The number of hydrogen-bond acceptors (Lipinski definition) is 6. The second kappa shape index (κ2) is 7.50. The Balaban J connectivity index is 1.50. The molecule has 0 bridgehead atoms. The number of nitrogens with one attached hydrogen (secondary N) is 2. The highest BCUT2D eigenvalue weighted by molar-refractivity contribution is 5.90. The zero-order chi connectivity index (χ0) is 19.8. The fraction of sp³-hybridized carbons (Fsp3) is 0.600. The first kappa shape index (κ1) is 18.9. The molecule has 28 heavy (non-hydrogen) atoms. The Bertz CT molecular complexity index is 844. The van der Waals surface area contributed by atoms with Gasteiger partial charge in [-0.15, -0.1) is 0 Å². The summed E-state index contributed by atoms with van der Waals surface area (Å²) < 4.78 is 0. The number of aromatic amines is 1. The van der Waals surface area contributed by atoms with Crippen LogP contribution < -0.4 is 10.2 Å². The summed E-state index contributed by atoms with van der Waals surface area (Å²) >= 11 is 0. The van der Waals surface area contributed by atoms with E-state index in [9.17, 15) is 4.79 Å². The predicted octanol–water partition coefficient (Wildman–Crippen LogP) is 1.84. The lowest BCUT2D eigenvalue weighted by Gasteiger charge is -2.24. The van der Waals surface area contributed by atoms with E-state index in [0.717, 1.165) is 42.4 Å². The average molecular weight is 384 g/mol. The summed E-state index contributed by atoms with van der Waals surface area (Å²) in [6.07, 6.45) is 7.28. The molecule has 2 aromatic rings. The number of amides is 1. The van der Waals surface area contributed by atoms with Crippen LogP contribution in [0, 0.1) is 19.8 Å². The number of imidazole rings is 1. The van der Waals surface area contributed by atoms with Gasteiger partial charge in [0.05, 0.1) is 6.04 Å². The molecular weight excluding hydrogens is 354 g/mol. The fourth-order valence-electron chi connectivity index (χ4n) is 3.88. The number of aromatic nitrogens is 4. The van der Waals surface area contributed by atoms with Crippen molar-refractivity contribution in [3.8, 4) is 0 Å². The molecule has 3 heterocycles. The van der Waals surface area contributed by atoms with Crippen LogP contribution in [-0.4, -0.2) is 64.0 Å². The summed E-state index contributed by atoms with van der Waals surface area (Å²) in [5, 5.41) is 3.82. The van der Waals surface area contributed by atoms with Crippen molar-refractivity contribution in [2.45, 2.75) is 45.2 Å². The van der Waals surface area contributed by atoms with E-state index in [4.69, 9.17) is 0 Å². The number of hydrogen-bond donors (Lipinski definition) is 2. The van der Waals surface area contributed by atoms with Crippen molar-refractivity contribution in [1.29, 1.82) is 0 Å². The van der Waals surface area contributed by atoms with Gasteiger partial charge in [0.15, 0.2) is 0 Å². The Kier molecular flexibility index (Phi) is 5.05. The Labute approximate surface area is 165 Å². The van der Waals surface area contributed by atoms with E-state index in [1.165, 1.54) is 17.7 Å². The molecule has 1 aliphatic carbocycles. The largest absolute Gasteiger partial charge is 0.355 e. The lowest BCUT2D eigenvalue weighted by atomic mass is 10.1. The molecule has 1 saturated heterocycles. The lowest BCUT2D eigenvalue weighted by Crippen LogP contribution is -2.37. The third kappa shape index (κ3) is 3.73. The summed E-state index contributed by atoms with van der Waals surface area (Å²) in [7, 11) is 3.45. The summed E-state index contributed by atoms with van der Waals surface area (Å²) in [5.74, 6) is 2.69. The second-order valence-electron chi connectivity index (χ2n) is 8.17. The van der Waals surface area contributed by atoms with Crippen LogP contribution in [0.2, 0.25) is 0 Å². The molecule has 2 aromatic heterocycles. The Morgan fingerprint density at radius 2 is 2.07 bits per heavy atom. The zero-order valence-corrected chi connectivity index (χ0v) is 17.1. The molecule has 8 heteroatoms. The van der Waals surface area contributed by atoms with Crippen molar-refractivity contribution in [2.75, 3.05) is 32.1 Å². The molecule has 0 spiro atoms. The molecule has 2 N–H and O–H groups in total. The topological polar surface area (TPSA) is 90.0 Å². The first-order chi connectivity index (χ1) is 13.4. The van der Waals surface area contributed by atoms with E-state index in [2.05, 4.69) is 30.2 Å². The van der Waals surface area contributed by atoms with E-state index in [-0.39, 0.29) is 11.7 Å². The van der Waals surface area contributed by atoms with Crippen LogP contribution in [0.5, 0.6) is 0 Å². The van der Waals surface area contributed by atoms with Gasteiger partial charge in [0.2, 0.25) is 5.82 Å². The minimum Gasteiger partial charge on any atom is -0.355 e. The van der Waals surface area contributed by atoms with Crippen molar-refractivity contribution >= 4 is 11.7 Å². The van der Waals surface area contributed by atoms with Gasteiger partial charge in [-0.25, -0.2) is 15.0 Å². The molecule has 8 nitrogen and oxygen atoms in total. The molecule has 1 aliphatic heterocycles. The highest BCUT2D eigenvalue weighted by atomic mass is 16.2. The molecule has 1 amide bonds. The van der Waals surface area contributed by atoms with E-state index in [1.807, 2.05) is 26.2 Å². The SMILES string of the molecule is Cc1nc(C(=O)N(C)C)nc(N2CC[C@@H](NC(c3ncc[nH]3)C3CC3)C2)c1C. The number of aryl methyl sites for hydroxylation is 1. The Hall–Kier alpha value is -2.48. The number of carbonyl (C=O) groups is 1. The monoisotopic (exact) mass is 383 g/mol. The molecule has 0 aromatic carbocycles. The van der Waals surface area contributed by atoms with Gasteiger partial charge >= 0.3 is 0 Å². The first-order valence-corrected chi connectivity index (χ1v) is 10.0. The summed E-state index contributed by atoms with van der Waals surface area (Å²) in [4.78, 5) is 32.9. The molecule has 2 aliphatic rings. The van der Waals surface area contributed by atoms with Crippen LogP contribution in [0.25, 0.3) is 0 Å². The van der Waals surface area contributed by atoms with Crippen molar-refractivity contribution in [2.24, 2.45) is 5.92 Å². The molecule has 1 unspecified atom stereocenters. The Morgan fingerprint density at radius 1 is 1.29 bits per heavy atom. The van der Waals surface area contributed by atoms with Crippen LogP contribution in [0.1, 0.15) is 53.0 Å². The predicted molar refractivity (Wildman–Crippen MR) is 107 cm³/mol. The normalized spacial score (nSPS) is 20.4. The van der Waals surface area contributed by atoms with Crippen LogP contribution in [0.15, 0.2) is 12.4 Å². The number of anilines is 1. The summed E-state index contributed by atoms with van der Waals surface area (Å²) in [6.45, 7) is 5.76. The third-order valence-electron chi connectivity index (χ3n) is 5.77. The summed E-state index contributed by atoms with van der Waals surface area (Å²) in [6, 6.07) is 0.664. The maximum atomic E-state index is 12.4. The quantitative estimate of drug-likeness (QED) is 0.791. The number of H-pyrrole nitrogens is 1. The summed E-state index contributed by atoms with van der Waals surface area (Å²) in [5.41, 5.74) is 1.90. The van der Waals surface area contributed by atoms with Crippen molar-refractivity contribution in [3.63, 3.8) is 0 Å². The minimum absolute atomic E-state index is 0.162. The zero-order valence-electron chi connectivity index (χ0n) is 17.1. The highest BCUT2D eigenvalue weighted by Gasteiger charge is 2.37. The van der Waals surface area contributed by atoms with E-state index in [1.54, 1.807) is 14.1 Å². The van der Waals surface area contributed by atoms with Crippen molar-refractivity contribution in [1.82, 2.24) is 30.2 Å². The molecule has 2 fully saturated rings. The van der Waals surface area contributed by atoms with Crippen LogP contribution in [0.4, 0.5) is 5.82 Å². The van der Waals surface area contributed by atoms with Gasteiger partial charge in [0.1, 0.15) is 11.6 Å². The minimum atomic E-state index is -0.162. The van der Waals surface area contributed by atoms with Gasteiger partial charge in [-0.2, -0.15) is 0 Å². The molecule has 1 saturated carbocycles. The van der Waals surface area contributed by atoms with Gasteiger partial charge in [-0.1, -0.05) is 0 Å². The van der Waals surface area contributed by atoms with Gasteiger partial charge in [0, 0.05) is 56.9 Å². The maximum absolute atomic E-state index is 12.4. The molecule has 2 atom stereocenters. The standard InChI is InChI=1S/C20H29N7O/c1-12-13(2)23-18(20(28)26(3)4)25-19(12)27-10-7-15(11-27)24-16(14-5-6-14)17-21-8-9-22-17/h8-9,14-16,24H,5-7,10-11H2,1-4H3,(H,21,22)/t15-,16?/m1/s1. The number of carbonyl (C=O) groups excluding carboxylic acids is 1. The molecule has 0 radical (unpaired) electrons. The first-order valence-electron chi connectivity index (χ1n) is 10.0. The lowest BCUT2D eigenvalue weighted by molar-refractivity contribution is 0.0815. The van der Waals surface area contributed by atoms with Gasteiger partial charge in [-0.3, -0.25) is 4.79 Å². The van der Waals surface area contributed by atoms with E-state index in [0.29, 0.717) is 18.0 Å². The molecule has 150 valence electrons. The second-order valence-corrected chi connectivity index (χ2v) is 8.17. The van der Waals surface area contributed by atoms with Gasteiger partial charge in [0.25, 0.3) is 5.91 Å². The number of nitrogens with zero attached hydrogens (tertiary/aromatic N) is 5. The van der Waals surface area contributed by atoms with Gasteiger partial charge < -0.3 is 20.1 Å². The van der Waals surface area contributed by atoms with Crippen LogP contribution >= 0.6 is 0 Å². The average Bonchev–Trinajstić information content (AvgIpc) is 3.16. The maximum Gasteiger partial charge on any atom is 0.291 e. The van der Waals surface area contributed by atoms with E-state index >= 15 is 0 Å². The van der Waals surface area contributed by atoms with Crippen LogP contribution in [0.3, 0.4) is 0 Å². The third-order valence-corrected chi connectivity index (χ3v) is 5.77. The number of rotatable bonds is 6. The molecule has 4 rings (SSSR count). The highest BCUT2D eigenvalue weighted by Crippen LogP contribution is 2.40. The smallest absolute Gasteiger partial charge is 0.291 e.